The molecule has 0 unspecified atom stereocenters. The molecule has 0 fully saturated rings. The van der Waals surface area contributed by atoms with E-state index in [1.165, 1.54) is 48.2 Å². The molecule has 1 amide bonds. The molecule has 4 aromatic rings. The van der Waals surface area contributed by atoms with Crippen LogP contribution in [0.5, 0.6) is 0 Å². The molecule has 0 radical (unpaired) electrons. The first-order chi connectivity index (χ1) is 18.6. The summed E-state index contributed by atoms with van der Waals surface area (Å²) in [5.41, 5.74) is 1.21. The van der Waals surface area contributed by atoms with Crippen molar-refractivity contribution in [2.24, 2.45) is 0 Å². The molecule has 0 aromatic heterocycles. The largest absolute Gasteiger partial charge is 0.379 e. The molecule has 0 aliphatic heterocycles. The van der Waals surface area contributed by atoms with Crippen molar-refractivity contribution in [2.75, 3.05) is 17.6 Å². The maximum absolute atomic E-state index is 13.1. The summed E-state index contributed by atoms with van der Waals surface area (Å²) < 4.78 is 40.8. The van der Waals surface area contributed by atoms with Crippen molar-refractivity contribution < 1.29 is 22.5 Å². The van der Waals surface area contributed by atoms with Crippen LogP contribution in [0.1, 0.15) is 10.4 Å². The standard InChI is InChI=1S/C27H21ClFN3O5S2/c28-21-7-11-23(12-8-21)38-16-15-30-25-14-13-24(17-26(25)32(34)35)39(36,37)31-27(33)20-3-1-18(2-4-20)19-5-9-22(29)10-6-19/h1-14,17,30H,15-16H2,(H,31,33). The smallest absolute Gasteiger partial charge is 0.293 e. The number of hydrogen-bond acceptors (Lipinski definition) is 7. The van der Waals surface area contributed by atoms with Gasteiger partial charge >= 0.3 is 0 Å². The minimum Gasteiger partial charge on any atom is -0.379 e. The SMILES string of the molecule is O=C(NS(=O)(=O)c1ccc(NCCSc2ccc(Cl)cc2)c([N+](=O)[O-])c1)c1ccc(-c2ccc(F)cc2)cc1. The van der Waals surface area contributed by atoms with Crippen molar-refractivity contribution in [3.63, 3.8) is 0 Å². The summed E-state index contributed by atoms with van der Waals surface area (Å²) in [6, 6.07) is 22.5. The van der Waals surface area contributed by atoms with Crippen molar-refractivity contribution >= 4 is 50.7 Å². The number of carbonyl (C=O) groups excluding carboxylic acids is 1. The van der Waals surface area contributed by atoms with Crippen LogP contribution in [0.3, 0.4) is 0 Å². The van der Waals surface area contributed by atoms with E-state index in [4.69, 9.17) is 11.6 Å². The minimum atomic E-state index is -4.40. The first-order valence-electron chi connectivity index (χ1n) is 11.5. The first kappa shape index (κ1) is 28.1. The van der Waals surface area contributed by atoms with Gasteiger partial charge in [-0.25, -0.2) is 17.5 Å². The first-order valence-corrected chi connectivity index (χ1v) is 14.3. The number of nitro benzene ring substituents is 1. The van der Waals surface area contributed by atoms with E-state index in [2.05, 4.69) is 5.32 Å². The van der Waals surface area contributed by atoms with Crippen LogP contribution in [0.2, 0.25) is 5.02 Å². The number of nitrogens with one attached hydrogen (secondary N) is 2. The summed E-state index contributed by atoms with van der Waals surface area (Å²) in [7, 11) is -4.40. The van der Waals surface area contributed by atoms with Crippen molar-refractivity contribution in [3.05, 3.63) is 118 Å². The third kappa shape index (κ3) is 7.34. The number of carbonyl (C=O) groups is 1. The average Bonchev–Trinajstić information content (AvgIpc) is 2.92. The van der Waals surface area contributed by atoms with E-state index in [1.807, 2.05) is 16.9 Å². The van der Waals surface area contributed by atoms with E-state index in [1.54, 1.807) is 36.4 Å². The number of thioether (sulfide) groups is 1. The highest BCUT2D eigenvalue weighted by molar-refractivity contribution is 7.99. The second kappa shape index (κ2) is 12.3. The van der Waals surface area contributed by atoms with Gasteiger partial charge in [0.25, 0.3) is 21.6 Å². The van der Waals surface area contributed by atoms with Crippen LogP contribution in [0.4, 0.5) is 15.8 Å². The molecule has 0 heterocycles. The fourth-order valence-corrected chi connectivity index (χ4v) is 5.45. The number of anilines is 1. The zero-order valence-corrected chi connectivity index (χ0v) is 22.5. The van der Waals surface area contributed by atoms with Crippen LogP contribution < -0.4 is 10.0 Å². The van der Waals surface area contributed by atoms with E-state index >= 15 is 0 Å². The zero-order valence-electron chi connectivity index (χ0n) is 20.1. The van der Waals surface area contributed by atoms with Gasteiger partial charge in [-0.05, 0) is 71.8 Å². The summed E-state index contributed by atoms with van der Waals surface area (Å²) in [6.45, 7) is 0.380. The van der Waals surface area contributed by atoms with Crippen LogP contribution >= 0.6 is 23.4 Å². The molecule has 0 bridgehead atoms. The van der Waals surface area contributed by atoms with Crippen LogP contribution in [0, 0.1) is 15.9 Å². The molecular formula is C27H21ClFN3O5S2. The number of sulfonamides is 1. The molecule has 0 aliphatic carbocycles. The maximum atomic E-state index is 13.1. The molecule has 4 aromatic carbocycles. The lowest BCUT2D eigenvalue weighted by molar-refractivity contribution is -0.384. The van der Waals surface area contributed by atoms with Gasteiger partial charge in [-0.1, -0.05) is 35.9 Å². The minimum absolute atomic E-state index is 0.0652. The number of hydrogen-bond donors (Lipinski definition) is 2. The van der Waals surface area contributed by atoms with Crippen LogP contribution in [0.25, 0.3) is 11.1 Å². The van der Waals surface area contributed by atoms with E-state index < -0.39 is 31.4 Å². The fraction of sp³-hybridized carbons (Fsp3) is 0.0741. The molecule has 0 aliphatic rings. The van der Waals surface area contributed by atoms with Crippen molar-refractivity contribution in [2.45, 2.75) is 9.79 Å². The quantitative estimate of drug-likeness (QED) is 0.0959. The predicted molar refractivity (Wildman–Crippen MR) is 150 cm³/mol. The van der Waals surface area contributed by atoms with E-state index in [9.17, 15) is 27.7 Å². The lowest BCUT2D eigenvalue weighted by Crippen LogP contribution is -2.30. The van der Waals surface area contributed by atoms with Gasteiger partial charge in [0, 0.05) is 33.8 Å². The topological polar surface area (TPSA) is 118 Å². The van der Waals surface area contributed by atoms with Gasteiger partial charge in [-0.3, -0.25) is 14.9 Å². The molecule has 0 saturated heterocycles. The van der Waals surface area contributed by atoms with Gasteiger partial charge in [0.05, 0.1) is 9.82 Å². The van der Waals surface area contributed by atoms with E-state index in [-0.39, 0.29) is 17.1 Å². The summed E-state index contributed by atoms with van der Waals surface area (Å²) in [6.07, 6.45) is 0. The lowest BCUT2D eigenvalue weighted by atomic mass is 10.0. The highest BCUT2D eigenvalue weighted by Gasteiger charge is 2.24. The number of rotatable bonds is 10. The van der Waals surface area contributed by atoms with Gasteiger partial charge in [-0.2, -0.15) is 0 Å². The summed E-state index contributed by atoms with van der Waals surface area (Å²) >= 11 is 7.40. The van der Waals surface area contributed by atoms with Crippen molar-refractivity contribution in [1.82, 2.24) is 4.72 Å². The number of nitrogens with zero attached hydrogens (tertiary/aromatic N) is 1. The number of halogens is 2. The Hall–Kier alpha value is -3.93. The van der Waals surface area contributed by atoms with E-state index in [0.29, 0.717) is 22.9 Å². The third-order valence-corrected chi connectivity index (χ3v) is 8.12. The van der Waals surface area contributed by atoms with Crippen LogP contribution in [-0.4, -0.2) is 31.5 Å². The highest BCUT2D eigenvalue weighted by atomic mass is 35.5. The molecule has 4 rings (SSSR count). The molecular weight excluding hydrogens is 565 g/mol. The molecule has 0 saturated carbocycles. The Morgan fingerprint density at radius 1 is 0.923 bits per heavy atom. The summed E-state index contributed by atoms with van der Waals surface area (Å²) in [5.74, 6) is -0.684. The highest BCUT2D eigenvalue weighted by Crippen LogP contribution is 2.28. The normalized spacial score (nSPS) is 11.1. The van der Waals surface area contributed by atoms with Gasteiger partial charge in [0.15, 0.2) is 0 Å². The van der Waals surface area contributed by atoms with Crippen LogP contribution in [0.15, 0.2) is 101 Å². The monoisotopic (exact) mass is 585 g/mol. The Balaban J connectivity index is 1.42. The van der Waals surface area contributed by atoms with Crippen LogP contribution in [-0.2, 0) is 10.0 Å². The summed E-state index contributed by atoms with van der Waals surface area (Å²) in [4.78, 5) is 24.1. The average molecular weight is 586 g/mol. The molecule has 0 spiro atoms. The number of benzene rings is 4. The molecule has 2 N–H and O–H groups in total. The second-order valence-corrected chi connectivity index (χ2v) is 11.5. The zero-order chi connectivity index (χ0) is 28.0. The number of amides is 1. The summed E-state index contributed by atoms with van der Waals surface area (Å²) in [5, 5.41) is 15.2. The second-order valence-electron chi connectivity index (χ2n) is 8.18. The van der Waals surface area contributed by atoms with Crippen molar-refractivity contribution in [3.8, 4) is 11.1 Å². The fourth-order valence-electron chi connectivity index (χ4n) is 3.56. The molecule has 12 heteroatoms. The Labute approximate surface area is 233 Å². The molecule has 39 heavy (non-hydrogen) atoms. The van der Waals surface area contributed by atoms with Crippen molar-refractivity contribution in [1.29, 1.82) is 0 Å². The molecule has 0 atom stereocenters. The molecule has 200 valence electrons. The Morgan fingerprint density at radius 2 is 1.54 bits per heavy atom. The number of nitro groups is 1. The van der Waals surface area contributed by atoms with Gasteiger partial charge in [0.1, 0.15) is 11.5 Å². The Bertz CT molecular complexity index is 1600. The third-order valence-electron chi connectivity index (χ3n) is 5.53. The maximum Gasteiger partial charge on any atom is 0.293 e. The van der Waals surface area contributed by atoms with E-state index in [0.717, 1.165) is 16.5 Å². The Morgan fingerprint density at radius 3 is 2.15 bits per heavy atom. The Kier molecular flexibility index (Phi) is 8.85. The van der Waals surface area contributed by atoms with Gasteiger partial charge in [-0.15, -0.1) is 11.8 Å². The van der Waals surface area contributed by atoms with Gasteiger partial charge in [0.2, 0.25) is 0 Å². The van der Waals surface area contributed by atoms with Gasteiger partial charge < -0.3 is 5.32 Å². The lowest BCUT2D eigenvalue weighted by Gasteiger charge is -2.11. The molecule has 8 nitrogen and oxygen atoms in total. The predicted octanol–water partition coefficient (Wildman–Crippen LogP) is 6.38.